The third kappa shape index (κ3) is 2.48. The van der Waals surface area contributed by atoms with E-state index in [4.69, 9.17) is 0 Å². The summed E-state index contributed by atoms with van der Waals surface area (Å²) in [4.78, 5) is 11.1. The minimum atomic E-state index is 0.116. The van der Waals surface area contributed by atoms with Crippen molar-refractivity contribution in [2.24, 2.45) is 0 Å². The van der Waals surface area contributed by atoms with Crippen molar-refractivity contribution in [3.8, 4) is 0 Å². The molecular weight excluding hydrogens is 271 g/mol. The second-order valence-corrected chi connectivity index (χ2v) is 4.08. The number of carbonyl (C=O) groups is 1. The van der Waals surface area contributed by atoms with Crippen LogP contribution in [0, 0.1) is 6.92 Å². The molecule has 0 fully saturated rings. The summed E-state index contributed by atoms with van der Waals surface area (Å²) in [6, 6.07) is 7.59. The number of halogens is 1. The maximum Gasteiger partial charge on any atom is 0.229 e. The Hall–Kier alpha value is -0.0300. The van der Waals surface area contributed by atoms with Crippen LogP contribution in [-0.2, 0) is 0 Å². The van der Waals surface area contributed by atoms with Crippen LogP contribution in [0.4, 0.5) is 0 Å². The molecule has 0 atom stereocenters. The fourth-order valence-electron chi connectivity index (χ4n) is 0.734. The smallest absolute Gasteiger partial charge is 0.229 e. The van der Waals surface area contributed by atoms with E-state index < -0.39 is 0 Å². The van der Waals surface area contributed by atoms with Crippen molar-refractivity contribution in [3.63, 3.8) is 0 Å². The summed E-state index contributed by atoms with van der Waals surface area (Å²) in [6.45, 7) is 2.01. The van der Waals surface area contributed by atoms with Gasteiger partial charge in [0.15, 0.2) is 0 Å². The van der Waals surface area contributed by atoms with E-state index in [2.05, 4.69) is 0 Å². The summed E-state index contributed by atoms with van der Waals surface area (Å²) < 4.78 is 0. The molecule has 58 valence electrons. The summed E-state index contributed by atoms with van der Waals surface area (Å²) in [6.07, 6.45) is 0. The highest BCUT2D eigenvalue weighted by Gasteiger charge is 2.02. The second-order valence-electron chi connectivity index (χ2n) is 2.23. The zero-order chi connectivity index (χ0) is 8.27. The Labute approximate surface area is 82.2 Å². The summed E-state index contributed by atoms with van der Waals surface area (Å²) >= 11 is 1.99. The van der Waals surface area contributed by atoms with Crippen molar-refractivity contribution in [1.82, 2.24) is 0 Å². The lowest BCUT2D eigenvalue weighted by Gasteiger charge is -1.95. The Kier molecular flexibility index (Phi) is 3.39. The maximum atomic E-state index is 11.1. The largest absolute Gasteiger partial charge is 0.281 e. The van der Waals surface area contributed by atoms with E-state index in [1.54, 1.807) is 0 Å². The van der Waals surface area contributed by atoms with Crippen molar-refractivity contribution in [1.29, 1.82) is 0 Å². The molecule has 0 aliphatic rings. The van der Waals surface area contributed by atoms with Crippen LogP contribution in [0.3, 0.4) is 0 Å². The zero-order valence-corrected chi connectivity index (χ0v) is 8.98. The van der Waals surface area contributed by atoms with E-state index in [-0.39, 0.29) is 5.12 Å². The number of rotatable bonds is 1. The third-order valence-corrected chi connectivity index (χ3v) is 2.93. The normalized spacial score (nSPS) is 9.64. The number of benzene rings is 1. The molecule has 0 N–H and O–H groups in total. The first-order valence-electron chi connectivity index (χ1n) is 3.13. The van der Waals surface area contributed by atoms with Gasteiger partial charge in [-0.05, 0) is 15.9 Å². The number of carbonyl (C=O) groups excluding carboxylic acids is 1. The van der Waals surface area contributed by atoms with E-state index >= 15 is 0 Å². The predicted octanol–water partition coefficient (Wildman–Crippen LogP) is 3.22. The molecule has 3 heteroatoms. The van der Waals surface area contributed by atoms with Crippen molar-refractivity contribution in [2.45, 2.75) is 6.92 Å². The summed E-state index contributed by atoms with van der Waals surface area (Å²) in [5.41, 5.74) is 1.95. The van der Waals surface area contributed by atoms with E-state index in [0.29, 0.717) is 0 Å². The van der Waals surface area contributed by atoms with Gasteiger partial charge in [0.05, 0.1) is 0 Å². The standard InChI is InChI=1S/C8H7IOS/c1-6-2-4-7(5-3-6)8(10)11-9/h2-5H,1H3. The molecule has 1 nitrogen and oxygen atoms in total. The molecule has 0 heterocycles. The molecule has 0 aliphatic carbocycles. The Bertz CT molecular complexity index is 255. The Morgan fingerprint density at radius 3 is 2.36 bits per heavy atom. The van der Waals surface area contributed by atoms with Crippen LogP contribution in [0.5, 0.6) is 0 Å². The zero-order valence-electron chi connectivity index (χ0n) is 6.00. The van der Waals surface area contributed by atoms with Gasteiger partial charge in [-0.1, -0.05) is 29.8 Å². The minimum Gasteiger partial charge on any atom is -0.281 e. The number of hydrogen-bond donors (Lipinski definition) is 0. The van der Waals surface area contributed by atoms with E-state index in [9.17, 15) is 4.79 Å². The molecule has 0 saturated heterocycles. The van der Waals surface area contributed by atoms with Crippen molar-refractivity contribution in [3.05, 3.63) is 35.4 Å². The third-order valence-electron chi connectivity index (χ3n) is 1.36. The SMILES string of the molecule is Cc1ccc(C(=O)SI)cc1. The second kappa shape index (κ2) is 4.11. The molecule has 0 spiro atoms. The summed E-state index contributed by atoms with van der Waals surface area (Å²) in [5, 5.41) is 0.116. The molecule has 1 rings (SSSR count). The Morgan fingerprint density at radius 1 is 1.36 bits per heavy atom. The minimum absolute atomic E-state index is 0.116. The van der Waals surface area contributed by atoms with Crippen LogP contribution in [0.15, 0.2) is 24.3 Å². The van der Waals surface area contributed by atoms with Crippen molar-refractivity contribution in [2.75, 3.05) is 0 Å². The molecular formula is C8H7IOS. The molecule has 1 aromatic carbocycles. The van der Waals surface area contributed by atoms with Gasteiger partial charge in [-0.2, -0.15) is 0 Å². The van der Waals surface area contributed by atoms with Gasteiger partial charge in [0, 0.05) is 26.8 Å². The molecule has 0 saturated carbocycles. The molecule has 0 radical (unpaired) electrons. The van der Waals surface area contributed by atoms with Gasteiger partial charge in [-0.15, -0.1) is 0 Å². The van der Waals surface area contributed by atoms with Gasteiger partial charge < -0.3 is 0 Å². The van der Waals surface area contributed by atoms with E-state index in [1.165, 1.54) is 14.5 Å². The molecule has 0 aromatic heterocycles. The van der Waals surface area contributed by atoms with Gasteiger partial charge >= 0.3 is 0 Å². The Balaban J connectivity index is 2.90. The fraction of sp³-hybridized carbons (Fsp3) is 0.125. The number of hydrogen-bond acceptors (Lipinski definition) is 2. The average molecular weight is 278 g/mol. The van der Waals surface area contributed by atoms with Crippen LogP contribution in [-0.4, -0.2) is 5.12 Å². The molecule has 0 aliphatic heterocycles. The topological polar surface area (TPSA) is 17.1 Å². The molecule has 0 amide bonds. The van der Waals surface area contributed by atoms with Gasteiger partial charge in [0.25, 0.3) is 0 Å². The predicted molar refractivity (Wildman–Crippen MR) is 57.1 cm³/mol. The van der Waals surface area contributed by atoms with E-state index in [1.807, 2.05) is 52.4 Å². The van der Waals surface area contributed by atoms with E-state index in [0.717, 1.165) is 5.56 Å². The first-order chi connectivity index (χ1) is 5.24. The van der Waals surface area contributed by atoms with Crippen LogP contribution in [0.2, 0.25) is 0 Å². The van der Waals surface area contributed by atoms with Crippen LogP contribution < -0.4 is 0 Å². The highest BCUT2D eigenvalue weighted by Crippen LogP contribution is 2.18. The Morgan fingerprint density at radius 2 is 1.91 bits per heavy atom. The lowest BCUT2D eigenvalue weighted by Crippen LogP contribution is -1.88. The van der Waals surface area contributed by atoms with Gasteiger partial charge in [0.1, 0.15) is 0 Å². The number of aryl methyl sites for hydroxylation is 1. The molecule has 0 unspecified atom stereocenters. The summed E-state index contributed by atoms with van der Waals surface area (Å²) in [7, 11) is 1.21. The van der Waals surface area contributed by atoms with Gasteiger partial charge in [-0.25, -0.2) is 0 Å². The molecule has 11 heavy (non-hydrogen) atoms. The van der Waals surface area contributed by atoms with Crippen LogP contribution in [0.1, 0.15) is 15.9 Å². The first-order valence-corrected chi connectivity index (χ1v) is 6.49. The van der Waals surface area contributed by atoms with Crippen molar-refractivity contribution < 1.29 is 4.79 Å². The molecule has 1 aromatic rings. The lowest BCUT2D eigenvalue weighted by molar-refractivity contribution is 0.109. The summed E-state index contributed by atoms with van der Waals surface area (Å²) in [5.74, 6) is 0. The highest BCUT2D eigenvalue weighted by molar-refractivity contribution is 14.2. The van der Waals surface area contributed by atoms with Crippen LogP contribution in [0.25, 0.3) is 0 Å². The van der Waals surface area contributed by atoms with Crippen molar-refractivity contribution >= 4 is 35.3 Å². The first kappa shape index (κ1) is 9.06. The fourth-order valence-corrected chi connectivity index (χ4v) is 1.72. The molecule has 0 bridgehead atoms. The van der Waals surface area contributed by atoms with Crippen LogP contribution >= 0.6 is 30.1 Å². The van der Waals surface area contributed by atoms with Gasteiger partial charge in [-0.3, -0.25) is 4.79 Å². The quantitative estimate of drug-likeness (QED) is 0.734. The maximum absolute atomic E-state index is 11.1. The monoisotopic (exact) mass is 278 g/mol. The van der Waals surface area contributed by atoms with Gasteiger partial charge in [0.2, 0.25) is 5.12 Å². The average Bonchev–Trinajstić information content (AvgIpc) is 2.05. The lowest BCUT2D eigenvalue weighted by atomic mass is 10.2. The highest BCUT2D eigenvalue weighted by atomic mass is 127.